The van der Waals surface area contributed by atoms with Gasteiger partial charge in [0.15, 0.2) is 11.4 Å². The van der Waals surface area contributed by atoms with E-state index in [0.29, 0.717) is 4.90 Å². The molecule has 2 atom stereocenters. The van der Waals surface area contributed by atoms with Crippen molar-refractivity contribution in [2.24, 2.45) is 0 Å². The summed E-state index contributed by atoms with van der Waals surface area (Å²) in [6.07, 6.45) is -3.40. The third-order valence-corrected chi connectivity index (χ3v) is 4.49. The molecule has 1 saturated heterocycles. The largest absolute Gasteiger partial charge is 0.491 e. The van der Waals surface area contributed by atoms with E-state index in [2.05, 4.69) is 0 Å². The lowest BCUT2D eigenvalue weighted by molar-refractivity contribution is -0.153. The first kappa shape index (κ1) is 18.2. The number of carboxylic acids is 1. The van der Waals surface area contributed by atoms with Gasteiger partial charge in [-0.25, -0.2) is 4.79 Å². The van der Waals surface area contributed by atoms with Crippen LogP contribution in [0.15, 0.2) is 11.0 Å². The van der Waals surface area contributed by atoms with Crippen LogP contribution in [0, 0.1) is 0 Å². The van der Waals surface area contributed by atoms with Gasteiger partial charge in [0, 0.05) is 12.8 Å². The van der Waals surface area contributed by atoms with Crippen molar-refractivity contribution in [3.63, 3.8) is 0 Å². The number of aromatic nitrogens is 1. The smallest absolute Gasteiger partial charge is 0.406 e. The quantitative estimate of drug-likeness (QED) is 0.842. The second-order valence-electron chi connectivity index (χ2n) is 6.01. The van der Waals surface area contributed by atoms with Crippen molar-refractivity contribution in [2.75, 3.05) is 26.9 Å². The van der Waals surface area contributed by atoms with Crippen LogP contribution < -0.4 is 10.2 Å². The molecule has 8 nitrogen and oxygen atoms in total. The topological polar surface area (TPSA) is 98.1 Å². The molecule has 142 valence electrons. The van der Waals surface area contributed by atoms with Gasteiger partial charge in [-0.1, -0.05) is 0 Å². The number of alkyl halides is 3. The van der Waals surface area contributed by atoms with Gasteiger partial charge in [0.1, 0.15) is 12.1 Å². The Morgan fingerprint density at radius 3 is 2.65 bits per heavy atom. The third kappa shape index (κ3) is 2.91. The number of halogens is 3. The summed E-state index contributed by atoms with van der Waals surface area (Å²) < 4.78 is 50.3. The van der Waals surface area contributed by atoms with E-state index in [-0.39, 0.29) is 25.3 Å². The maximum absolute atomic E-state index is 13.0. The molecule has 0 spiro atoms. The minimum Gasteiger partial charge on any atom is -0.491 e. The number of nitrogens with zero attached hydrogens (tertiary/aromatic N) is 2. The number of fused-ring (bicyclic) bond motifs is 3. The van der Waals surface area contributed by atoms with Gasteiger partial charge in [0.25, 0.3) is 5.91 Å². The molecule has 11 heteroatoms. The van der Waals surface area contributed by atoms with E-state index in [1.54, 1.807) is 0 Å². The number of amides is 1. The van der Waals surface area contributed by atoms with Crippen molar-refractivity contribution in [1.29, 1.82) is 0 Å². The molecule has 0 aliphatic carbocycles. The molecule has 1 aromatic rings. The Balaban J connectivity index is 2.24. The average Bonchev–Trinajstić information content (AvgIpc) is 2.57. The minimum absolute atomic E-state index is 0.122. The Morgan fingerprint density at radius 2 is 2.08 bits per heavy atom. The van der Waals surface area contributed by atoms with Crippen molar-refractivity contribution in [2.45, 2.75) is 24.7 Å². The van der Waals surface area contributed by atoms with E-state index >= 15 is 0 Å². The van der Waals surface area contributed by atoms with Crippen molar-refractivity contribution < 1.29 is 37.3 Å². The first-order valence-electron chi connectivity index (χ1n) is 7.67. The predicted molar refractivity (Wildman–Crippen MR) is 79.6 cm³/mol. The second kappa shape index (κ2) is 6.31. The number of carboxylic acid groups (broad SMARTS) is 1. The van der Waals surface area contributed by atoms with Crippen LogP contribution in [0.1, 0.15) is 33.3 Å². The summed E-state index contributed by atoms with van der Waals surface area (Å²) in [5, 5.41) is 9.22. The summed E-state index contributed by atoms with van der Waals surface area (Å²) in [6, 6.07) is -1.59. The molecule has 26 heavy (non-hydrogen) atoms. The first-order chi connectivity index (χ1) is 12.2. The lowest BCUT2D eigenvalue weighted by Crippen LogP contribution is -2.58. The molecular formula is C15H15F3N2O6. The molecular weight excluding hydrogens is 361 g/mol. The number of aromatic carboxylic acids is 1. The second-order valence-corrected chi connectivity index (χ2v) is 6.01. The molecule has 0 unspecified atom stereocenters. The van der Waals surface area contributed by atoms with E-state index in [0.717, 1.165) is 13.3 Å². The molecule has 1 amide bonds. The fourth-order valence-corrected chi connectivity index (χ4v) is 3.42. The zero-order chi connectivity index (χ0) is 19.2. The standard InChI is InChI=1S/C15H15F3N2O6/c1-25-12-10-13(22)20(6-15(16,17)18)9-5-26-3-2-8(9)19(10)4-7(11(12)21)14(23)24/h4,8-9H,2-3,5-6H2,1H3,(H,23,24)/t8-,9+/m0/s1. The third-order valence-electron chi connectivity index (χ3n) is 4.49. The van der Waals surface area contributed by atoms with E-state index in [9.17, 15) is 32.7 Å². The zero-order valence-electron chi connectivity index (χ0n) is 13.6. The highest BCUT2D eigenvalue weighted by Crippen LogP contribution is 2.36. The predicted octanol–water partition coefficient (Wildman–Crippen LogP) is 0.903. The number of hydrogen-bond acceptors (Lipinski definition) is 5. The van der Waals surface area contributed by atoms with Gasteiger partial charge in [-0.15, -0.1) is 0 Å². The van der Waals surface area contributed by atoms with Gasteiger partial charge in [-0.2, -0.15) is 13.2 Å². The van der Waals surface area contributed by atoms with Gasteiger partial charge in [0.2, 0.25) is 5.43 Å². The highest BCUT2D eigenvalue weighted by atomic mass is 19.4. The monoisotopic (exact) mass is 376 g/mol. The average molecular weight is 376 g/mol. The molecule has 0 saturated carbocycles. The molecule has 0 aromatic carbocycles. The Labute approximate surface area is 144 Å². The molecule has 0 bridgehead atoms. The van der Waals surface area contributed by atoms with Gasteiger partial charge in [-0.05, 0) is 6.42 Å². The molecule has 0 radical (unpaired) electrons. The number of rotatable bonds is 3. The van der Waals surface area contributed by atoms with Gasteiger partial charge in [-0.3, -0.25) is 9.59 Å². The van der Waals surface area contributed by atoms with E-state index < -0.39 is 53.4 Å². The number of hydrogen-bond donors (Lipinski definition) is 1. The summed E-state index contributed by atoms with van der Waals surface area (Å²) in [6.45, 7) is -1.40. The summed E-state index contributed by atoms with van der Waals surface area (Å²) in [7, 11) is 1.06. The van der Waals surface area contributed by atoms with Crippen molar-refractivity contribution >= 4 is 11.9 Å². The fraction of sp³-hybridized carbons (Fsp3) is 0.533. The number of pyridine rings is 1. The van der Waals surface area contributed by atoms with Crippen LogP contribution >= 0.6 is 0 Å². The van der Waals surface area contributed by atoms with Crippen LogP contribution in [0.4, 0.5) is 13.2 Å². The molecule has 3 rings (SSSR count). The fourth-order valence-electron chi connectivity index (χ4n) is 3.42. The van der Waals surface area contributed by atoms with Crippen molar-refractivity contribution in [1.82, 2.24) is 9.47 Å². The Kier molecular flexibility index (Phi) is 4.42. The Hall–Kier alpha value is -2.56. The van der Waals surface area contributed by atoms with Crippen LogP contribution in [-0.2, 0) is 4.74 Å². The molecule has 2 aliphatic rings. The van der Waals surface area contributed by atoms with E-state index in [4.69, 9.17) is 9.47 Å². The van der Waals surface area contributed by atoms with Crippen molar-refractivity contribution in [3.8, 4) is 5.75 Å². The van der Waals surface area contributed by atoms with Crippen LogP contribution in [0.2, 0.25) is 0 Å². The molecule has 3 heterocycles. The van der Waals surface area contributed by atoms with Crippen LogP contribution in [0.5, 0.6) is 5.75 Å². The Morgan fingerprint density at radius 1 is 1.38 bits per heavy atom. The number of carbonyl (C=O) groups excluding carboxylic acids is 1. The van der Waals surface area contributed by atoms with Crippen LogP contribution in [-0.4, -0.2) is 65.5 Å². The first-order valence-corrected chi connectivity index (χ1v) is 7.67. The summed E-state index contributed by atoms with van der Waals surface area (Å²) >= 11 is 0. The normalized spacial score (nSPS) is 22.6. The van der Waals surface area contributed by atoms with Gasteiger partial charge >= 0.3 is 12.1 Å². The maximum Gasteiger partial charge on any atom is 0.406 e. The summed E-state index contributed by atoms with van der Waals surface area (Å²) in [4.78, 5) is 37.0. The van der Waals surface area contributed by atoms with Gasteiger partial charge in [0.05, 0.1) is 25.8 Å². The molecule has 1 aromatic heterocycles. The number of ether oxygens (including phenoxy) is 2. The van der Waals surface area contributed by atoms with Crippen LogP contribution in [0.25, 0.3) is 0 Å². The van der Waals surface area contributed by atoms with E-state index in [1.165, 1.54) is 4.57 Å². The molecule has 1 fully saturated rings. The zero-order valence-corrected chi connectivity index (χ0v) is 13.6. The van der Waals surface area contributed by atoms with Crippen LogP contribution in [0.3, 0.4) is 0 Å². The lowest BCUT2D eigenvalue weighted by Gasteiger charge is -2.45. The SMILES string of the molecule is COc1c2n(cc(C(=O)O)c1=O)[C@H]1CCOC[C@H]1N(CC(F)(F)F)C2=O. The highest BCUT2D eigenvalue weighted by molar-refractivity contribution is 5.98. The molecule has 2 aliphatic heterocycles. The summed E-state index contributed by atoms with van der Waals surface area (Å²) in [5.41, 5.74) is -2.06. The molecule has 1 N–H and O–H groups in total. The maximum atomic E-state index is 13.0. The number of methoxy groups -OCH3 is 1. The minimum atomic E-state index is -4.64. The van der Waals surface area contributed by atoms with Gasteiger partial charge < -0.3 is 24.0 Å². The summed E-state index contributed by atoms with van der Waals surface area (Å²) in [5.74, 6) is -3.15. The Bertz CT molecular complexity index is 819. The lowest BCUT2D eigenvalue weighted by atomic mass is 9.95. The van der Waals surface area contributed by atoms with E-state index in [1.807, 2.05) is 0 Å². The highest BCUT2D eigenvalue weighted by Gasteiger charge is 2.47. The van der Waals surface area contributed by atoms with Crippen molar-refractivity contribution in [3.05, 3.63) is 27.7 Å². The number of carbonyl (C=O) groups is 2.